The lowest BCUT2D eigenvalue weighted by Gasteiger charge is -2.18. The Morgan fingerprint density at radius 1 is 0.205 bits per heavy atom. The molecule has 16 nitrogen and oxygen atoms in total. The van der Waals surface area contributed by atoms with Crippen LogP contribution in [0.1, 0.15) is 5.56 Å². The fourth-order valence-corrected chi connectivity index (χ4v) is 14.7. The molecule has 0 unspecified atom stereocenters. The lowest BCUT2D eigenvalue weighted by Crippen LogP contribution is -2.03. The summed E-state index contributed by atoms with van der Waals surface area (Å²) in [6.45, 7) is 0. The van der Waals surface area contributed by atoms with Crippen molar-refractivity contribution in [2.45, 2.75) is 0 Å². The van der Waals surface area contributed by atoms with Crippen molar-refractivity contribution in [3.05, 3.63) is 358 Å². The fourth-order valence-electron chi connectivity index (χ4n) is 14.7. The highest BCUT2D eigenvalue weighted by Crippen LogP contribution is 2.45. The number of hydrogen-bond donors (Lipinski definition) is 0. The molecule has 0 aliphatic carbocycles. The summed E-state index contributed by atoms with van der Waals surface area (Å²) in [5.74, 6) is 6.35. The van der Waals surface area contributed by atoms with Gasteiger partial charge in [-0.1, -0.05) is 243 Å². The Bertz CT molecular complexity index is 6450. The molecule has 0 saturated carbocycles. The van der Waals surface area contributed by atoms with E-state index in [2.05, 4.69) is 88.0 Å². The Morgan fingerprint density at radius 2 is 0.429 bits per heavy atom. The van der Waals surface area contributed by atoms with Crippen molar-refractivity contribution in [2.75, 3.05) is 0 Å². The van der Waals surface area contributed by atoms with Crippen molar-refractivity contribution in [1.82, 2.24) is 73.9 Å². The van der Waals surface area contributed by atoms with Gasteiger partial charge in [0, 0.05) is 112 Å². The van der Waals surface area contributed by atoms with Gasteiger partial charge in [0.05, 0.1) is 45.1 Å². The van der Waals surface area contributed by atoms with Crippen LogP contribution in [0.3, 0.4) is 0 Å². The highest BCUT2D eigenvalue weighted by atomic mass is 15.1. The van der Waals surface area contributed by atoms with Gasteiger partial charge in [0.1, 0.15) is 0 Å². The van der Waals surface area contributed by atoms with E-state index in [4.69, 9.17) is 64.8 Å². The van der Waals surface area contributed by atoms with Crippen molar-refractivity contribution in [2.24, 2.45) is 0 Å². The number of fused-ring (bicyclic) bond motifs is 6. The van der Waals surface area contributed by atoms with Crippen LogP contribution >= 0.6 is 0 Å². The molecule has 0 spiro atoms. The highest BCUT2D eigenvalue weighted by Gasteiger charge is 2.26. The molecule has 0 aliphatic heterocycles. The van der Waals surface area contributed by atoms with Gasteiger partial charge in [-0.3, -0.25) is 4.98 Å². The topological polar surface area (TPSA) is 201 Å². The maximum Gasteiger partial charge on any atom is 0.164 e. The second-order valence-electron chi connectivity index (χ2n) is 27.0. The van der Waals surface area contributed by atoms with Gasteiger partial charge in [-0.05, 0) is 97.1 Å². The van der Waals surface area contributed by atoms with Gasteiger partial charge >= 0.3 is 0 Å². The number of aromatic nitrogens is 15. The van der Waals surface area contributed by atoms with Crippen LogP contribution in [0, 0.1) is 11.3 Å². The predicted octanol–water partition coefficient (Wildman–Crippen LogP) is 21.6. The third-order valence-corrected chi connectivity index (χ3v) is 20.1. The van der Waals surface area contributed by atoms with Crippen LogP contribution in [-0.2, 0) is 0 Å². The van der Waals surface area contributed by atoms with Crippen molar-refractivity contribution in [3.8, 4) is 165 Å². The molecule has 20 rings (SSSR count). The summed E-state index contributed by atoms with van der Waals surface area (Å²) < 4.78 is 4.56. The molecule has 522 valence electrons. The lowest BCUT2D eigenvalue weighted by atomic mass is 10.00. The van der Waals surface area contributed by atoms with Crippen LogP contribution < -0.4 is 0 Å². The largest absolute Gasteiger partial charge is 0.309 e. The molecule has 112 heavy (non-hydrogen) atoms. The molecule has 0 fully saturated rings. The molecule has 0 radical (unpaired) electrons. The molecule has 0 atom stereocenters. The number of hydrogen-bond acceptors (Lipinski definition) is 14. The monoisotopic (exact) mass is 1430 g/mol. The van der Waals surface area contributed by atoms with Crippen molar-refractivity contribution >= 4 is 43.6 Å². The van der Waals surface area contributed by atoms with Crippen LogP contribution in [0.25, 0.3) is 203 Å². The Balaban J connectivity index is 0.812. The maximum absolute atomic E-state index is 11.1. The average Bonchev–Trinajstić information content (AvgIpc) is 1.55. The molecule has 7 heterocycles. The zero-order chi connectivity index (χ0) is 74.4. The molecule has 0 N–H and O–H groups in total. The first kappa shape index (κ1) is 65.6. The van der Waals surface area contributed by atoms with E-state index in [0.717, 1.165) is 133 Å². The van der Waals surface area contributed by atoms with E-state index >= 15 is 0 Å². The molecular weight excluding hydrogens is 1380 g/mol. The van der Waals surface area contributed by atoms with Crippen LogP contribution in [0.4, 0.5) is 0 Å². The van der Waals surface area contributed by atoms with E-state index in [1.165, 1.54) is 0 Å². The average molecular weight is 1440 g/mol. The molecule has 0 saturated heterocycles. The van der Waals surface area contributed by atoms with E-state index in [9.17, 15) is 5.26 Å². The van der Waals surface area contributed by atoms with Crippen LogP contribution in [0.15, 0.2) is 352 Å². The first-order valence-electron chi connectivity index (χ1n) is 36.6. The molecule has 0 amide bonds. The van der Waals surface area contributed by atoms with Crippen molar-refractivity contribution < 1.29 is 0 Å². The summed E-state index contributed by atoms with van der Waals surface area (Å²) in [5, 5.41) is 14.7. The van der Waals surface area contributed by atoms with Gasteiger partial charge in [0.25, 0.3) is 0 Å². The molecule has 7 aromatic heterocycles. The lowest BCUT2D eigenvalue weighted by molar-refractivity contribution is 1.07. The van der Waals surface area contributed by atoms with E-state index in [1.807, 2.05) is 279 Å². The fraction of sp³-hybridized carbons (Fsp3) is 0. The summed E-state index contributed by atoms with van der Waals surface area (Å²) in [7, 11) is 0. The second-order valence-corrected chi connectivity index (χ2v) is 27.0. The number of benzene rings is 13. The summed E-state index contributed by atoms with van der Waals surface area (Å²) in [4.78, 5) is 67.0. The highest BCUT2D eigenvalue weighted by molar-refractivity contribution is 6.14. The zero-order valence-electron chi connectivity index (χ0n) is 59.6. The Hall–Kier alpha value is -15.9. The summed E-state index contributed by atoms with van der Waals surface area (Å²) in [5.41, 5.74) is 17.0. The molecule has 0 aliphatic rings. The predicted molar refractivity (Wildman–Crippen MR) is 442 cm³/mol. The quantitative estimate of drug-likeness (QED) is 0.0938. The Morgan fingerprint density at radius 3 is 0.661 bits per heavy atom. The van der Waals surface area contributed by atoms with Crippen molar-refractivity contribution in [1.29, 1.82) is 5.26 Å². The minimum absolute atomic E-state index is 0.455. The van der Waals surface area contributed by atoms with Crippen LogP contribution in [0.2, 0.25) is 0 Å². The Labute approximate surface area is 641 Å². The summed E-state index contributed by atoms with van der Waals surface area (Å²) >= 11 is 0. The minimum atomic E-state index is 0.455. The maximum atomic E-state index is 11.1. The molecule has 0 bridgehead atoms. The van der Waals surface area contributed by atoms with Gasteiger partial charge in [0.2, 0.25) is 0 Å². The SMILES string of the molecule is N#Cc1ccc(-n2c3ccc(-c4nc(-c5ccccc5)nc(-c5ccccc5)n4)cc3c3cc(-c4nc(-c5ccccc5)nc(-c5ccccc5)n4)ccc32)c(-c2cnccc2-n2c3ccc(-c4nc(-c5ccccc5)nc(-c5ccccc5)n4)cc3c3cc(-c4nc(-c5ccccc5)nc(-c5ccccc5)n4)ccc32)c1. The van der Waals surface area contributed by atoms with E-state index in [1.54, 1.807) is 0 Å². The van der Waals surface area contributed by atoms with Gasteiger partial charge in [-0.15, -0.1) is 0 Å². The minimum Gasteiger partial charge on any atom is -0.309 e. The first-order chi connectivity index (χ1) is 55.4. The molecular formula is C96H58N16. The van der Waals surface area contributed by atoms with Gasteiger partial charge in [-0.2, -0.15) is 5.26 Å². The second kappa shape index (κ2) is 28.1. The van der Waals surface area contributed by atoms with E-state index in [-0.39, 0.29) is 0 Å². The number of nitrogens with zero attached hydrogens (tertiary/aromatic N) is 16. The van der Waals surface area contributed by atoms with E-state index in [0.29, 0.717) is 75.5 Å². The van der Waals surface area contributed by atoms with Gasteiger partial charge in [0.15, 0.2) is 69.9 Å². The third-order valence-electron chi connectivity index (χ3n) is 20.1. The number of rotatable bonds is 15. The number of nitriles is 1. The zero-order valence-corrected chi connectivity index (χ0v) is 59.6. The normalized spacial score (nSPS) is 11.4. The third kappa shape index (κ3) is 12.3. The Kier molecular flexibility index (Phi) is 16.5. The van der Waals surface area contributed by atoms with Crippen molar-refractivity contribution in [3.63, 3.8) is 0 Å². The molecule has 13 aromatic carbocycles. The smallest absolute Gasteiger partial charge is 0.164 e. The standard InChI is InChI=1S/C96H58N16/c97-58-60-41-46-79(111-80-47-42-69(93-103-85(61-25-9-1-10-26-61)99-86(104-93)62-27-11-2-12-28-62)54-74(80)75-55-70(43-48-81(75)111)94-105-87(63-29-13-3-14-30-63)100-88(106-94)64-31-15-4-16-32-64)73(53-60)78-59-98-52-51-84(78)112-82-49-44-71(95-107-89(65-33-17-5-18-34-65)101-90(108-95)66-35-19-6-20-36-66)56-76(82)77-57-72(45-50-83(77)112)96-109-91(67-37-21-7-22-38-67)102-92(110-96)68-39-23-8-24-40-68/h1-57,59H. The van der Waals surface area contributed by atoms with Crippen LogP contribution in [-0.4, -0.2) is 73.9 Å². The summed E-state index contributed by atoms with van der Waals surface area (Å²) in [6.07, 6.45) is 3.71. The molecule has 20 aromatic rings. The van der Waals surface area contributed by atoms with Crippen LogP contribution in [0.5, 0.6) is 0 Å². The molecule has 16 heteroatoms. The van der Waals surface area contributed by atoms with E-state index < -0.39 is 0 Å². The van der Waals surface area contributed by atoms with Gasteiger partial charge < -0.3 is 9.13 Å². The number of pyridine rings is 1. The van der Waals surface area contributed by atoms with Gasteiger partial charge in [-0.25, -0.2) is 59.8 Å². The first-order valence-corrected chi connectivity index (χ1v) is 36.6. The summed E-state index contributed by atoms with van der Waals surface area (Å²) in [6, 6.07) is 116.